The van der Waals surface area contributed by atoms with E-state index >= 15 is 0 Å². The maximum absolute atomic E-state index is 13.9. The zero-order valence-corrected chi connectivity index (χ0v) is 11.1. The third-order valence-corrected chi connectivity index (χ3v) is 3.53. The van der Waals surface area contributed by atoms with Gasteiger partial charge in [-0.25, -0.2) is 19.3 Å². The molecule has 1 saturated carbocycles. The molecule has 0 bridgehead atoms. The topological polar surface area (TPSA) is 50.7 Å². The normalized spacial score (nSPS) is 15.1. The van der Waals surface area contributed by atoms with Crippen molar-refractivity contribution in [3.63, 3.8) is 0 Å². The van der Waals surface area contributed by atoms with Crippen LogP contribution >= 0.6 is 23.4 Å². The van der Waals surface area contributed by atoms with Crippen LogP contribution in [0.15, 0.2) is 11.4 Å². The van der Waals surface area contributed by atoms with Gasteiger partial charge in [0, 0.05) is 12.2 Å². The zero-order valence-electron chi connectivity index (χ0n) is 9.57. The number of hydrogen-bond donors (Lipinski definition) is 1. The van der Waals surface area contributed by atoms with Crippen LogP contribution in [0.2, 0.25) is 5.15 Å². The zero-order chi connectivity index (χ0) is 12.7. The Bertz CT molecular complexity index is 618. The molecular formula is C11H10ClFN4S. The smallest absolute Gasteiger partial charge is 0.187 e. The number of hydrogen-bond acceptors (Lipinski definition) is 5. The lowest BCUT2D eigenvalue weighted by molar-refractivity contribution is 0.629. The van der Waals surface area contributed by atoms with Crippen molar-refractivity contribution < 1.29 is 4.39 Å². The van der Waals surface area contributed by atoms with Crippen LogP contribution in [0.3, 0.4) is 0 Å². The van der Waals surface area contributed by atoms with Gasteiger partial charge in [-0.2, -0.15) is 0 Å². The summed E-state index contributed by atoms with van der Waals surface area (Å²) in [7, 11) is 0. The van der Waals surface area contributed by atoms with Gasteiger partial charge in [0.2, 0.25) is 0 Å². The molecule has 2 aromatic rings. The summed E-state index contributed by atoms with van der Waals surface area (Å²) in [6, 6.07) is 0.405. The van der Waals surface area contributed by atoms with Crippen molar-refractivity contribution in [2.45, 2.75) is 24.0 Å². The van der Waals surface area contributed by atoms with Crippen LogP contribution < -0.4 is 5.32 Å². The molecule has 0 unspecified atom stereocenters. The molecule has 7 heteroatoms. The standard InChI is InChI=1S/C11H10ClFN4S/c1-18-11-14-4-6-8(16-11)7(13)9(12)17-10(6)15-5-2-3-5/h4-5H,2-3H2,1H3,(H,15,17). The second-order valence-corrected chi connectivity index (χ2v) is 5.23. The summed E-state index contributed by atoms with van der Waals surface area (Å²) in [5.74, 6) is -0.0303. The highest BCUT2D eigenvalue weighted by Gasteiger charge is 2.24. The van der Waals surface area contributed by atoms with E-state index in [0.717, 1.165) is 12.8 Å². The predicted molar refractivity (Wildman–Crippen MR) is 70.7 cm³/mol. The molecular weight excluding hydrogens is 275 g/mol. The number of halogens is 2. The molecule has 3 rings (SSSR count). The monoisotopic (exact) mass is 284 g/mol. The van der Waals surface area contributed by atoms with Crippen LogP contribution in [0.25, 0.3) is 10.9 Å². The van der Waals surface area contributed by atoms with E-state index in [2.05, 4.69) is 20.3 Å². The van der Waals surface area contributed by atoms with Crippen molar-refractivity contribution in [1.82, 2.24) is 15.0 Å². The highest BCUT2D eigenvalue weighted by atomic mass is 35.5. The van der Waals surface area contributed by atoms with Crippen LogP contribution in [-0.4, -0.2) is 27.2 Å². The molecule has 1 aliphatic rings. The van der Waals surface area contributed by atoms with Crippen LogP contribution in [0, 0.1) is 5.82 Å². The molecule has 1 fully saturated rings. The van der Waals surface area contributed by atoms with Gasteiger partial charge in [-0.3, -0.25) is 0 Å². The van der Waals surface area contributed by atoms with Gasteiger partial charge in [-0.05, 0) is 19.1 Å². The quantitative estimate of drug-likeness (QED) is 0.533. The third kappa shape index (κ3) is 2.10. The Morgan fingerprint density at radius 2 is 2.22 bits per heavy atom. The average Bonchev–Trinajstić information content (AvgIpc) is 3.19. The molecule has 0 aromatic carbocycles. The van der Waals surface area contributed by atoms with E-state index in [9.17, 15) is 4.39 Å². The van der Waals surface area contributed by atoms with E-state index in [-0.39, 0.29) is 10.7 Å². The van der Waals surface area contributed by atoms with E-state index in [1.165, 1.54) is 11.8 Å². The molecule has 1 N–H and O–H groups in total. The fraction of sp³-hybridized carbons (Fsp3) is 0.364. The van der Waals surface area contributed by atoms with Crippen molar-refractivity contribution in [3.05, 3.63) is 17.2 Å². The maximum atomic E-state index is 13.9. The van der Waals surface area contributed by atoms with Gasteiger partial charge in [0.05, 0.1) is 5.39 Å². The Morgan fingerprint density at radius 1 is 1.44 bits per heavy atom. The number of nitrogens with zero attached hydrogens (tertiary/aromatic N) is 3. The van der Waals surface area contributed by atoms with E-state index < -0.39 is 5.82 Å². The fourth-order valence-corrected chi connectivity index (χ4v) is 2.16. The average molecular weight is 285 g/mol. The highest BCUT2D eigenvalue weighted by Crippen LogP contribution is 2.31. The first kappa shape index (κ1) is 11.9. The second-order valence-electron chi connectivity index (χ2n) is 4.10. The summed E-state index contributed by atoms with van der Waals surface area (Å²) in [4.78, 5) is 12.3. The molecule has 0 amide bonds. The lowest BCUT2D eigenvalue weighted by atomic mass is 10.3. The van der Waals surface area contributed by atoms with E-state index in [1.54, 1.807) is 6.20 Å². The molecule has 2 heterocycles. The Balaban J connectivity index is 2.19. The number of anilines is 1. The van der Waals surface area contributed by atoms with Crippen molar-refractivity contribution in [2.75, 3.05) is 11.6 Å². The van der Waals surface area contributed by atoms with Gasteiger partial charge in [0.1, 0.15) is 11.3 Å². The van der Waals surface area contributed by atoms with Crippen molar-refractivity contribution in [3.8, 4) is 0 Å². The fourth-order valence-electron chi connectivity index (χ4n) is 1.64. The van der Waals surface area contributed by atoms with Gasteiger partial charge in [0.25, 0.3) is 0 Å². The van der Waals surface area contributed by atoms with Gasteiger partial charge >= 0.3 is 0 Å². The lowest BCUT2D eigenvalue weighted by Gasteiger charge is -2.09. The lowest BCUT2D eigenvalue weighted by Crippen LogP contribution is -2.06. The highest BCUT2D eigenvalue weighted by molar-refractivity contribution is 7.98. The first-order chi connectivity index (χ1) is 8.69. The Kier molecular flexibility index (Phi) is 2.99. The number of fused-ring (bicyclic) bond motifs is 1. The molecule has 0 aliphatic heterocycles. The summed E-state index contributed by atoms with van der Waals surface area (Å²) in [6.45, 7) is 0. The van der Waals surface area contributed by atoms with Gasteiger partial charge in [-0.15, -0.1) is 0 Å². The number of aromatic nitrogens is 3. The molecule has 0 radical (unpaired) electrons. The molecule has 0 spiro atoms. The predicted octanol–water partition coefficient (Wildman–Crippen LogP) is 3.11. The Morgan fingerprint density at radius 3 is 2.89 bits per heavy atom. The molecule has 94 valence electrons. The first-order valence-electron chi connectivity index (χ1n) is 5.51. The minimum atomic E-state index is -0.592. The number of thioether (sulfide) groups is 1. The Hall–Kier alpha value is -1.14. The summed E-state index contributed by atoms with van der Waals surface area (Å²) in [6.07, 6.45) is 5.63. The van der Waals surface area contributed by atoms with Crippen LogP contribution in [-0.2, 0) is 0 Å². The number of nitrogens with one attached hydrogen (secondary N) is 1. The molecule has 2 aromatic heterocycles. The van der Waals surface area contributed by atoms with E-state index in [4.69, 9.17) is 11.6 Å². The first-order valence-corrected chi connectivity index (χ1v) is 7.11. The molecule has 4 nitrogen and oxygen atoms in total. The van der Waals surface area contributed by atoms with Gasteiger partial charge in [0.15, 0.2) is 16.1 Å². The summed E-state index contributed by atoms with van der Waals surface area (Å²) >= 11 is 7.16. The molecule has 0 atom stereocenters. The molecule has 18 heavy (non-hydrogen) atoms. The summed E-state index contributed by atoms with van der Waals surface area (Å²) in [5, 5.41) is 4.15. The summed E-state index contributed by atoms with van der Waals surface area (Å²) in [5.41, 5.74) is 0.220. The minimum absolute atomic E-state index is 0.156. The number of pyridine rings is 1. The SMILES string of the molecule is CSc1ncc2c(NC3CC3)nc(Cl)c(F)c2n1. The largest absolute Gasteiger partial charge is 0.367 e. The van der Waals surface area contributed by atoms with Gasteiger partial charge in [-0.1, -0.05) is 23.4 Å². The van der Waals surface area contributed by atoms with Crippen molar-refractivity contribution in [2.24, 2.45) is 0 Å². The van der Waals surface area contributed by atoms with Crippen LogP contribution in [0.5, 0.6) is 0 Å². The third-order valence-electron chi connectivity index (χ3n) is 2.72. The van der Waals surface area contributed by atoms with Crippen molar-refractivity contribution in [1.29, 1.82) is 0 Å². The van der Waals surface area contributed by atoms with Crippen molar-refractivity contribution >= 4 is 40.1 Å². The van der Waals surface area contributed by atoms with E-state index in [0.29, 0.717) is 22.4 Å². The van der Waals surface area contributed by atoms with Gasteiger partial charge < -0.3 is 5.32 Å². The van der Waals surface area contributed by atoms with Crippen LogP contribution in [0.1, 0.15) is 12.8 Å². The molecule has 1 aliphatic carbocycles. The number of rotatable bonds is 3. The van der Waals surface area contributed by atoms with Crippen LogP contribution in [0.4, 0.5) is 10.2 Å². The molecule has 0 saturated heterocycles. The summed E-state index contributed by atoms with van der Waals surface area (Å²) < 4.78 is 13.9. The second kappa shape index (κ2) is 4.51. The van der Waals surface area contributed by atoms with E-state index in [1.807, 2.05) is 6.26 Å². The Labute approximate surface area is 112 Å². The maximum Gasteiger partial charge on any atom is 0.187 e. The minimum Gasteiger partial charge on any atom is -0.367 e.